The Morgan fingerprint density at radius 3 is 2.32 bits per heavy atom. The van der Waals surface area contributed by atoms with Crippen molar-refractivity contribution in [3.05, 3.63) is 63.1 Å². The highest BCUT2D eigenvalue weighted by Gasteiger charge is 2.25. The van der Waals surface area contributed by atoms with Crippen LogP contribution >= 0.6 is 34.8 Å². The van der Waals surface area contributed by atoms with Gasteiger partial charge < -0.3 is 10.1 Å². The molecule has 0 aromatic heterocycles. The lowest BCUT2D eigenvalue weighted by molar-refractivity contribution is -0.127. The van der Waals surface area contributed by atoms with Gasteiger partial charge in [-0.1, -0.05) is 65.1 Å². The number of imide groups is 1. The average molecular weight is 402 g/mol. The number of urea groups is 1. The first-order valence-corrected chi connectivity index (χ1v) is 8.50. The van der Waals surface area contributed by atoms with E-state index in [9.17, 15) is 9.59 Å². The van der Waals surface area contributed by atoms with Crippen LogP contribution in [0.25, 0.3) is 0 Å². The maximum atomic E-state index is 12.5. The SMILES string of the molecule is CCNC(=O)NC(=O)[C@H](Oc1cc(Cl)c(Cl)cc1Cl)c1ccccc1. The van der Waals surface area contributed by atoms with E-state index in [-0.39, 0.29) is 20.8 Å². The first-order valence-electron chi connectivity index (χ1n) is 7.37. The summed E-state index contributed by atoms with van der Waals surface area (Å²) in [5, 5.41) is 5.41. The van der Waals surface area contributed by atoms with E-state index in [1.165, 1.54) is 12.1 Å². The Bertz CT molecular complexity index is 769. The zero-order valence-electron chi connectivity index (χ0n) is 13.2. The molecule has 0 aliphatic heterocycles. The quantitative estimate of drug-likeness (QED) is 0.719. The van der Waals surface area contributed by atoms with Gasteiger partial charge in [0.25, 0.3) is 5.91 Å². The Balaban J connectivity index is 2.31. The average Bonchev–Trinajstić information content (AvgIpc) is 2.57. The third-order valence-electron chi connectivity index (χ3n) is 3.13. The van der Waals surface area contributed by atoms with Crippen molar-refractivity contribution in [1.29, 1.82) is 0 Å². The summed E-state index contributed by atoms with van der Waals surface area (Å²) in [6.07, 6.45) is -1.10. The van der Waals surface area contributed by atoms with E-state index in [0.29, 0.717) is 12.1 Å². The maximum Gasteiger partial charge on any atom is 0.321 e. The number of carbonyl (C=O) groups excluding carboxylic acids is 2. The van der Waals surface area contributed by atoms with Gasteiger partial charge in [0, 0.05) is 18.2 Å². The third-order valence-corrected chi connectivity index (χ3v) is 4.15. The predicted octanol–water partition coefficient (Wildman–Crippen LogP) is 4.61. The van der Waals surface area contributed by atoms with Gasteiger partial charge in [-0.3, -0.25) is 10.1 Å². The van der Waals surface area contributed by atoms with Crippen LogP contribution in [0.3, 0.4) is 0 Å². The number of hydrogen-bond donors (Lipinski definition) is 2. The highest BCUT2D eigenvalue weighted by atomic mass is 35.5. The van der Waals surface area contributed by atoms with Crippen LogP contribution in [-0.2, 0) is 4.79 Å². The van der Waals surface area contributed by atoms with E-state index in [2.05, 4.69) is 10.6 Å². The van der Waals surface area contributed by atoms with Gasteiger partial charge in [0.05, 0.1) is 15.1 Å². The van der Waals surface area contributed by atoms with Crippen LogP contribution in [0.4, 0.5) is 4.79 Å². The molecule has 0 spiro atoms. The van der Waals surface area contributed by atoms with Crippen molar-refractivity contribution in [3.63, 3.8) is 0 Å². The topological polar surface area (TPSA) is 67.4 Å². The van der Waals surface area contributed by atoms with E-state index in [1.54, 1.807) is 37.3 Å². The smallest absolute Gasteiger partial charge is 0.321 e. The highest BCUT2D eigenvalue weighted by molar-refractivity contribution is 6.43. The molecule has 2 aromatic rings. The van der Waals surface area contributed by atoms with Crippen LogP contribution < -0.4 is 15.4 Å². The predicted molar refractivity (Wildman–Crippen MR) is 98.5 cm³/mol. The molecular formula is C17H15Cl3N2O3. The summed E-state index contributed by atoms with van der Waals surface area (Å²) >= 11 is 18.0. The number of hydrogen-bond acceptors (Lipinski definition) is 3. The summed E-state index contributed by atoms with van der Waals surface area (Å²) in [6, 6.07) is 10.9. The summed E-state index contributed by atoms with van der Waals surface area (Å²) in [6.45, 7) is 2.12. The van der Waals surface area contributed by atoms with Crippen molar-refractivity contribution in [2.24, 2.45) is 0 Å². The second-order valence-electron chi connectivity index (χ2n) is 4.95. The summed E-state index contributed by atoms with van der Waals surface area (Å²) < 4.78 is 5.74. The lowest BCUT2D eigenvalue weighted by atomic mass is 10.1. The molecular weight excluding hydrogens is 387 g/mol. The molecule has 0 heterocycles. The molecule has 0 fully saturated rings. The molecule has 0 unspecified atom stereocenters. The molecule has 5 nitrogen and oxygen atoms in total. The normalized spacial score (nSPS) is 11.5. The monoisotopic (exact) mass is 400 g/mol. The number of carbonyl (C=O) groups is 2. The van der Waals surface area contributed by atoms with Gasteiger partial charge in [0.15, 0.2) is 0 Å². The van der Waals surface area contributed by atoms with Crippen molar-refractivity contribution < 1.29 is 14.3 Å². The largest absolute Gasteiger partial charge is 0.474 e. The van der Waals surface area contributed by atoms with Gasteiger partial charge in [-0.15, -0.1) is 0 Å². The molecule has 8 heteroatoms. The van der Waals surface area contributed by atoms with Gasteiger partial charge >= 0.3 is 6.03 Å². The third kappa shape index (κ3) is 5.26. The first-order chi connectivity index (χ1) is 11.9. The van der Waals surface area contributed by atoms with Gasteiger partial charge in [0.2, 0.25) is 6.10 Å². The Kier molecular flexibility index (Phi) is 6.93. The minimum Gasteiger partial charge on any atom is -0.474 e. The van der Waals surface area contributed by atoms with E-state index < -0.39 is 18.0 Å². The molecule has 0 aliphatic carbocycles. The first kappa shape index (κ1) is 19.4. The maximum absolute atomic E-state index is 12.5. The molecule has 3 amide bonds. The Labute approximate surface area is 160 Å². The van der Waals surface area contributed by atoms with Gasteiger partial charge in [-0.2, -0.15) is 0 Å². The summed E-state index contributed by atoms with van der Waals surface area (Å²) in [5.74, 6) is -0.463. The van der Waals surface area contributed by atoms with Crippen LogP contribution in [0, 0.1) is 0 Å². The molecule has 0 bridgehead atoms. The lowest BCUT2D eigenvalue weighted by Gasteiger charge is -2.20. The van der Waals surface area contributed by atoms with Crippen molar-refractivity contribution >= 4 is 46.7 Å². The fourth-order valence-corrected chi connectivity index (χ4v) is 2.59. The van der Waals surface area contributed by atoms with Crippen LogP contribution in [0.1, 0.15) is 18.6 Å². The van der Waals surface area contributed by atoms with Crippen LogP contribution in [-0.4, -0.2) is 18.5 Å². The second kappa shape index (κ2) is 8.94. The molecule has 2 aromatic carbocycles. The van der Waals surface area contributed by atoms with Crippen LogP contribution in [0.2, 0.25) is 15.1 Å². The zero-order chi connectivity index (χ0) is 18.4. The highest BCUT2D eigenvalue weighted by Crippen LogP contribution is 2.36. The molecule has 0 aliphatic rings. The Hall–Kier alpha value is -1.95. The number of benzene rings is 2. The van der Waals surface area contributed by atoms with Gasteiger partial charge in [-0.25, -0.2) is 4.79 Å². The molecule has 2 N–H and O–H groups in total. The molecule has 0 radical (unpaired) electrons. The van der Waals surface area contributed by atoms with E-state index in [4.69, 9.17) is 39.5 Å². The van der Waals surface area contributed by atoms with Crippen molar-refractivity contribution in [2.75, 3.05) is 6.54 Å². The van der Waals surface area contributed by atoms with Crippen molar-refractivity contribution in [3.8, 4) is 5.75 Å². The molecule has 25 heavy (non-hydrogen) atoms. The summed E-state index contributed by atoms with van der Waals surface area (Å²) in [5.41, 5.74) is 0.548. The number of amides is 3. The van der Waals surface area contributed by atoms with Crippen LogP contribution in [0.15, 0.2) is 42.5 Å². The molecule has 1 atom stereocenters. The molecule has 2 rings (SSSR count). The van der Waals surface area contributed by atoms with Crippen molar-refractivity contribution in [1.82, 2.24) is 10.6 Å². The molecule has 0 saturated carbocycles. The summed E-state index contributed by atoms with van der Waals surface area (Å²) in [4.78, 5) is 24.1. The zero-order valence-corrected chi connectivity index (χ0v) is 15.5. The minimum atomic E-state index is -1.10. The standard InChI is InChI=1S/C17H15Cl3N2O3/c1-2-21-17(24)22-16(23)15(10-6-4-3-5-7-10)25-14-9-12(19)11(18)8-13(14)20/h3-9,15H,2H2,1H3,(H2,21,22,23,24)/t15-/m1/s1. The lowest BCUT2D eigenvalue weighted by Crippen LogP contribution is -2.42. The number of nitrogens with one attached hydrogen (secondary N) is 2. The Morgan fingerprint density at radius 2 is 1.68 bits per heavy atom. The van der Waals surface area contributed by atoms with Gasteiger partial charge in [0.1, 0.15) is 5.75 Å². The van der Waals surface area contributed by atoms with E-state index in [0.717, 1.165) is 0 Å². The number of ether oxygens (including phenoxy) is 1. The number of halogens is 3. The number of rotatable bonds is 5. The second-order valence-corrected chi connectivity index (χ2v) is 6.18. The molecule has 0 saturated heterocycles. The van der Waals surface area contributed by atoms with Crippen LogP contribution in [0.5, 0.6) is 5.75 Å². The molecule has 132 valence electrons. The van der Waals surface area contributed by atoms with Gasteiger partial charge in [-0.05, 0) is 13.0 Å². The van der Waals surface area contributed by atoms with E-state index in [1.807, 2.05) is 0 Å². The van der Waals surface area contributed by atoms with E-state index >= 15 is 0 Å². The minimum absolute atomic E-state index is 0.177. The summed E-state index contributed by atoms with van der Waals surface area (Å²) in [7, 11) is 0. The fraction of sp³-hybridized carbons (Fsp3) is 0.176. The van der Waals surface area contributed by atoms with Crippen molar-refractivity contribution in [2.45, 2.75) is 13.0 Å². The fourth-order valence-electron chi connectivity index (χ4n) is 2.00. The Morgan fingerprint density at radius 1 is 1.04 bits per heavy atom.